The predicted molar refractivity (Wildman–Crippen MR) is 89.9 cm³/mol. The molecule has 0 aliphatic rings. The van der Waals surface area contributed by atoms with E-state index in [-0.39, 0.29) is 5.92 Å². The quantitative estimate of drug-likeness (QED) is 0.803. The number of aliphatic hydroxyl groups excluding tert-OH is 1. The first-order valence-corrected chi connectivity index (χ1v) is 7.94. The van der Waals surface area contributed by atoms with Crippen molar-refractivity contribution in [2.45, 2.75) is 31.8 Å². The monoisotopic (exact) mass is 339 g/mol. The van der Waals surface area contributed by atoms with Crippen molar-refractivity contribution in [3.8, 4) is 5.75 Å². The smallest absolute Gasteiger partial charge is 0.137 e. The van der Waals surface area contributed by atoms with E-state index in [0.717, 1.165) is 24.0 Å². The Morgan fingerprint density at radius 3 is 2.55 bits per heavy atom. The second-order valence-corrected chi connectivity index (χ2v) is 5.99. The van der Waals surface area contributed by atoms with Gasteiger partial charge in [-0.05, 0) is 30.2 Å². The van der Waals surface area contributed by atoms with Crippen LogP contribution < -0.4 is 4.74 Å². The fourth-order valence-electron chi connectivity index (χ4n) is 2.50. The SMILES string of the molecule is CCC[C@@H](c1ccc(Cl)c(Cl)c1)[C@@H](O)c1cncc(OC)c1. The Kier molecular flexibility index (Phi) is 6.07. The average Bonchev–Trinajstić information content (AvgIpc) is 2.54. The Morgan fingerprint density at radius 2 is 1.91 bits per heavy atom. The van der Waals surface area contributed by atoms with Crippen molar-refractivity contribution in [1.29, 1.82) is 0 Å². The van der Waals surface area contributed by atoms with Gasteiger partial charge in [0.25, 0.3) is 0 Å². The third-order valence-electron chi connectivity index (χ3n) is 3.66. The topological polar surface area (TPSA) is 42.4 Å². The number of halogens is 2. The zero-order valence-electron chi connectivity index (χ0n) is 12.6. The number of aliphatic hydroxyl groups is 1. The number of hydrogen-bond donors (Lipinski definition) is 1. The van der Waals surface area contributed by atoms with Crippen LogP contribution in [0.15, 0.2) is 36.7 Å². The molecule has 0 aliphatic carbocycles. The largest absolute Gasteiger partial charge is 0.495 e. The molecule has 0 spiro atoms. The fourth-order valence-corrected chi connectivity index (χ4v) is 2.81. The Labute approximate surface area is 140 Å². The Balaban J connectivity index is 2.35. The second-order valence-electron chi connectivity index (χ2n) is 5.17. The van der Waals surface area contributed by atoms with Gasteiger partial charge in [0.15, 0.2) is 0 Å². The van der Waals surface area contributed by atoms with Crippen LogP contribution in [-0.4, -0.2) is 17.2 Å². The average molecular weight is 340 g/mol. The molecule has 22 heavy (non-hydrogen) atoms. The molecule has 0 aliphatic heterocycles. The van der Waals surface area contributed by atoms with Crippen molar-refractivity contribution in [1.82, 2.24) is 4.98 Å². The van der Waals surface area contributed by atoms with E-state index in [2.05, 4.69) is 11.9 Å². The lowest BCUT2D eigenvalue weighted by molar-refractivity contribution is 0.139. The van der Waals surface area contributed by atoms with Crippen LogP contribution >= 0.6 is 23.2 Å². The number of rotatable bonds is 6. The molecule has 2 aromatic rings. The Morgan fingerprint density at radius 1 is 1.14 bits per heavy atom. The van der Waals surface area contributed by atoms with Gasteiger partial charge in [0.05, 0.1) is 29.5 Å². The number of hydrogen-bond acceptors (Lipinski definition) is 3. The minimum atomic E-state index is -0.681. The van der Waals surface area contributed by atoms with Gasteiger partial charge >= 0.3 is 0 Å². The summed E-state index contributed by atoms with van der Waals surface area (Å²) in [4.78, 5) is 4.11. The molecule has 3 nitrogen and oxygen atoms in total. The van der Waals surface area contributed by atoms with Gasteiger partial charge in [-0.15, -0.1) is 0 Å². The molecule has 1 N–H and O–H groups in total. The lowest BCUT2D eigenvalue weighted by atomic mass is 9.86. The summed E-state index contributed by atoms with van der Waals surface area (Å²) >= 11 is 12.1. The number of aromatic nitrogens is 1. The first-order chi connectivity index (χ1) is 10.6. The van der Waals surface area contributed by atoms with Gasteiger partial charge in [0.2, 0.25) is 0 Å². The molecule has 1 aromatic heterocycles. The Bertz CT molecular complexity index is 634. The third-order valence-corrected chi connectivity index (χ3v) is 4.40. The summed E-state index contributed by atoms with van der Waals surface area (Å²) in [5, 5.41) is 11.8. The summed E-state index contributed by atoms with van der Waals surface area (Å²) in [6.45, 7) is 2.08. The van der Waals surface area contributed by atoms with E-state index in [9.17, 15) is 5.11 Å². The Hall–Kier alpha value is -1.29. The third kappa shape index (κ3) is 3.92. The molecular weight excluding hydrogens is 321 g/mol. The molecule has 0 amide bonds. The van der Waals surface area contributed by atoms with E-state index in [1.807, 2.05) is 12.1 Å². The lowest BCUT2D eigenvalue weighted by Gasteiger charge is -2.24. The first kappa shape index (κ1) is 17.1. The van der Waals surface area contributed by atoms with Crippen molar-refractivity contribution < 1.29 is 9.84 Å². The van der Waals surface area contributed by atoms with Crippen LogP contribution in [0.2, 0.25) is 10.0 Å². The summed E-state index contributed by atoms with van der Waals surface area (Å²) < 4.78 is 5.17. The first-order valence-electron chi connectivity index (χ1n) is 7.18. The van der Waals surface area contributed by atoms with Gasteiger partial charge in [-0.25, -0.2) is 0 Å². The van der Waals surface area contributed by atoms with Gasteiger partial charge in [0, 0.05) is 17.7 Å². The molecule has 0 fully saturated rings. The fraction of sp³-hybridized carbons (Fsp3) is 0.353. The number of pyridine rings is 1. The molecule has 2 atom stereocenters. The molecule has 0 radical (unpaired) electrons. The van der Waals surface area contributed by atoms with Crippen molar-refractivity contribution in [2.75, 3.05) is 7.11 Å². The molecule has 0 saturated heterocycles. The number of benzene rings is 1. The van der Waals surface area contributed by atoms with Gasteiger partial charge in [-0.2, -0.15) is 0 Å². The van der Waals surface area contributed by atoms with Gasteiger partial charge in [0.1, 0.15) is 5.75 Å². The van der Waals surface area contributed by atoms with Crippen molar-refractivity contribution in [3.05, 3.63) is 57.8 Å². The molecule has 118 valence electrons. The molecule has 1 aromatic carbocycles. The van der Waals surface area contributed by atoms with Crippen molar-refractivity contribution in [3.63, 3.8) is 0 Å². The molecule has 2 rings (SSSR count). The minimum Gasteiger partial charge on any atom is -0.495 e. The van der Waals surface area contributed by atoms with Gasteiger partial charge in [-0.3, -0.25) is 4.98 Å². The van der Waals surface area contributed by atoms with Crippen LogP contribution in [0.5, 0.6) is 5.75 Å². The van der Waals surface area contributed by atoms with Crippen LogP contribution in [-0.2, 0) is 0 Å². The van der Waals surface area contributed by atoms with Crippen LogP contribution in [0.4, 0.5) is 0 Å². The zero-order valence-corrected chi connectivity index (χ0v) is 14.1. The molecule has 0 saturated carbocycles. The zero-order chi connectivity index (χ0) is 16.1. The maximum absolute atomic E-state index is 10.8. The highest BCUT2D eigenvalue weighted by atomic mass is 35.5. The molecule has 0 bridgehead atoms. The standard InChI is InChI=1S/C17H19Cl2NO2/c1-3-4-14(11-5-6-15(18)16(19)8-11)17(21)12-7-13(22-2)10-20-9-12/h5-10,14,17,21H,3-4H2,1-2H3/t14-,17-/m0/s1. The molecule has 5 heteroatoms. The van der Waals surface area contributed by atoms with Crippen LogP contribution in [0.1, 0.15) is 42.9 Å². The summed E-state index contributed by atoms with van der Waals surface area (Å²) in [6, 6.07) is 7.29. The predicted octanol–water partition coefficient (Wildman–Crippen LogP) is 5.01. The van der Waals surface area contributed by atoms with Gasteiger partial charge in [-0.1, -0.05) is 42.6 Å². The van der Waals surface area contributed by atoms with Crippen LogP contribution in [0.3, 0.4) is 0 Å². The highest BCUT2D eigenvalue weighted by molar-refractivity contribution is 6.42. The van der Waals surface area contributed by atoms with Crippen molar-refractivity contribution in [2.24, 2.45) is 0 Å². The minimum absolute atomic E-state index is 0.0753. The lowest BCUT2D eigenvalue weighted by Crippen LogP contribution is -2.11. The van der Waals surface area contributed by atoms with Crippen LogP contribution in [0.25, 0.3) is 0 Å². The highest BCUT2D eigenvalue weighted by Gasteiger charge is 2.23. The van der Waals surface area contributed by atoms with Crippen molar-refractivity contribution >= 4 is 23.2 Å². The van der Waals surface area contributed by atoms with E-state index in [4.69, 9.17) is 27.9 Å². The second kappa shape index (κ2) is 7.82. The normalized spacial score (nSPS) is 13.7. The molecular formula is C17H19Cl2NO2. The number of ether oxygens (including phenoxy) is 1. The van der Waals surface area contributed by atoms with E-state index < -0.39 is 6.10 Å². The summed E-state index contributed by atoms with van der Waals surface area (Å²) in [7, 11) is 1.58. The molecule has 0 unspecified atom stereocenters. The number of nitrogens with zero attached hydrogens (tertiary/aromatic N) is 1. The maximum atomic E-state index is 10.8. The highest BCUT2D eigenvalue weighted by Crippen LogP contribution is 2.37. The number of methoxy groups -OCH3 is 1. The van der Waals surface area contributed by atoms with E-state index in [0.29, 0.717) is 15.8 Å². The summed E-state index contributed by atoms with van der Waals surface area (Å²) in [5.74, 6) is 0.551. The van der Waals surface area contributed by atoms with E-state index in [1.165, 1.54) is 0 Å². The summed E-state index contributed by atoms with van der Waals surface area (Å²) in [6.07, 6.45) is 4.37. The van der Waals surface area contributed by atoms with Crippen LogP contribution in [0, 0.1) is 0 Å². The maximum Gasteiger partial charge on any atom is 0.137 e. The summed E-state index contributed by atoms with van der Waals surface area (Å²) in [5.41, 5.74) is 1.69. The van der Waals surface area contributed by atoms with Gasteiger partial charge < -0.3 is 9.84 Å². The van der Waals surface area contributed by atoms with E-state index >= 15 is 0 Å². The molecule has 1 heterocycles. The van der Waals surface area contributed by atoms with E-state index in [1.54, 1.807) is 31.6 Å².